The maximum absolute atomic E-state index is 11.3. The van der Waals surface area contributed by atoms with Crippen LogP contribution in [0, 0.1) is 0 Å². The molecule has 0 fully saturated rings. The average Bonchev–Trinajstić information content (AvgIpc) is 2.10. The summed E-state index contributed by atoms with van der Waals surface area (Å²) in [5, 5.41) is 4.95. The molecule has 0 aliphatic carbocycles. The smallest absolute Gasteiger partial charge is 0.312 e. The lowest BCUT2D eigenvalue weighted by atomic mass is 10.6. The highest BCUT2D eigenvalue weighted by Gasteiger charge is 2.14. The Morgan fingerprint density at radius 1 is 1.27 bits per heavy atom. The van der Waals surface area contributed by atoms with Gasteiger partial charge in [0.2, 0.25) is 0 Å². The van der Waals surface area contributed by atoms with Crippen LogP contribution >= 0.6 is 0 Å². The van der Waals surface area contributed by atoms with Gasteiger partial charge in [0.15, 0.2) is 9.84 Å². The summed E-state index contributed by atoms with van der Waals surface area (Å²) >= 11 is 0. The number of rotatable bonds is 7. The molecular formula is C8H19N3O3S. The molecule has 90 valence electrons. The van der Waals surface area contributed by atoms with Gasteiger partial charge in [-0.25, -0.2) is 13.2 Å². The molecule has 0 atom stereocenters. The molecule has 0 radical (unpaired) electrons. The first-order chi connectivity index (χ1) is 6.86. The van der Waals surface area contributed by atoms with Crippen molar-refractivity contribution in [3.8, 4) is 0 Å². The van der Waals surface area contributed by atoms with Crippen LogP contribution < -0.4 is 16.4 Å². The predicted octanol–water partition coefficient (Wildman–Crippen LogP) is -0.932. The van der Waals surface area contributed by atoms with Crippen molar-refractivity contribution < 1.29 is 13.2 Å². The molecule has 0 rings (SSSR count). The minimum atomic E-state index is -2.98. The zero-order valence-electron chi connectivity index (χ0n) is 9.12. The lowest BCUT2D eigenvalue weighted by molar-refractivity contribution is 0.249. The molecule has 0 saturated heterocycles. The normalized spacial score (nSPS) is 11.7. The van der Waals surface area contributed by atoms with Crippen molar-refractivity contribution in [1.29, 1.82) is 0 Å². The van der Waals surface area contributed by atoms with Crippen molar-refractivity contribution >= 4 is 15.9 Å². The fraction of sp³-hybridized carbons (Fsp3) is 0.875. The molecule has 2 amide bonds. The molecule has 0 saturated carbocycles. The van der Waals surface area contributed by atoms with Crippen molar-refractivity contribution in [2.24, 2.45) is 5.73 Å². The van der Waals surface area contributed by atoms with Crippen LogP contribution in [0.3, 0.4) is 0 Å². The van der Waals surface area contributed by atoms with Gasteiger partial charge >= 0.3 is 6.03 Å². The standard InChI is InChI=1S/C8H19N3O3S/c1-7(2)15(13,14)6-5-10-3-4-11-8(9)12/h7,10H,3-6H2,1-2H3,(H3,9,11,12). The molecule has 7 heteroatoms. The Kier molecular flexibility index (Phi) is 6.26. The molecule has 0 aromatic rings. The van der Waals surface area contributed by atoms with E-state index in [1.807, 2.05) is 0 Å². The van der Waals surface area contributed by atoms with Crippen molar-refractivity contribution in [1.82, 2.24) is 10.6 Å². The molecule has 0 aromatic heterocycles. The second kappa shape index (κ2) is 6.62. The minimum Gasteiger partial charge on any atom is -0.352 e. The van der Waals surface area contributed by atoms with Gasteiger partial charge in [0, 0.05) is 19.6 Å². The highest BCUT2D eigenvalue weighted by molar-refractivity contribution is 7.92. The Balaban J connectivity index is 3.51. The van der Waals surface area contributed by atoms with E-state index in [1.54, 1.807) is 13.8 Å². The van der Waals surface area contributed by atoms with E-state index in [2.05, 4.69) is 10.6 Å². The molecule has 15 heavy (non-hydrogen) atoms. The van der Waals surface area contributed by atoms with E-state index >= 15 is 0 Å². The van der Waals surface area contributed by atoms with Gasteiger partial charge in [-0.3, -0.25) is 0 Å². The number of primary amides is 1. The van der Waals surface area contributed by atoms with Crippen LogP contribution in [0.15, 0.2) is 0 Å². The van der Waals surface area contributed by atoms with Crippen LogP contribution in [0.4, 0.5) is 4.79 Å². The SMILES string of the molecule is CC(C)S(=O)(=O)CCNCCNC(N)=O. The number of urea groups is 1. The fourth-order valence-electron chi connectivity index (χ4n) is 0.849. The highest BCUT2D eigenvalue weighted by Crippen LogP contribution is 1.98. The third-order valence-corrected chi connectivity index (χ3v) is 4.09. The van der Waals surface area contributed by atoms with Crippen LogP contribution in [0.25, 0.3) is 0 Å². The van der Waals surface area contributed by atoms with Crippen LogP contribution in [-0.4, -0.2) is 45.1 Å². The number of carbonyl (C=O) groups is 1. The summed E-state index contributed by atoms with van der Waals surface area (Å²) in [7, 11) is -2.98. The summed E-state index contributed by atoms with van der Waals surface area (Å²) in [4.78, 5) is 10.3. The lowest BCUT2D eigenvalue weighted by Gasteiger charge is -2.08. The molecule has 4 N–H and O–H groups in total. The quantitative estimate of drug-likeness (QED) is 0.498. The average molecular weight is 237 g/mol. The van der Waals surface area contributed by atoms with Crippen LogP contribution in [-0.2, 0) is 9.84 Å². The summed E-state index contributed by atoms with van der Waals surface area (Å²) in [6.45, 7) is 4.61. The highest BCUT2D eigenvalue weighted by atomic mass is 32.2. The first-order valence-electron chi connectivity index (χ1n) is 4.82. The van der Waals surface area contributed by atoms with Crippen LogP contribution in [0.1, 0.15) is 13.8 Å². The molecular weight excluding hydrogens is 218 g/mol. The molecule has 0 aromatic carbocycles. The van der Waals surface area contributed by atoms with E-state index in [-0.39, 0.29) is 11.0 Å². The fourth-order valence-corrected chi connectivity index (χ4v) is 1.75. The Labute approximate surface area is 90.5 Å². The number of sulfone groups is 1. The Morgan fingerprint density at radius 3 is 2.33 bits per heavy atom. The maximum atomic E-state index is 11.3. The summed E-state index contributed by atoms with van der Waals surface area (Å²) in [6, 6.07) is -0.577. The second-order valence-electron chi connectivity index (χ2n) is 3.46. The van der Waals surface area contributed by atoms with Crippen LogP contribution in [0.2, 0.25) is 0 Å². The molecule has 0 unspecified atom stereocenters. The number of hydrogen-bond donors (Lipinski definition) is 3. The van der Waals surface area contributed by atoms with Crippen molar-refractivity contribution in [2.45, 2.75) is 19.1 Å². The number of carbonyl (C=O) groups excluding carboxylic acids is 1. The van der Waals surface area contributed by atoms with Crippen molar-refractivity contribution in [3.05, 3.63) is 0 Å². The van der Waals surface area contributed by atoms with Crippen molar-refractivity contribution in [2.75, 3.05) is 25.4 Å². The molecule has 6 nitrogen and oxygen atoms in total. The van der Waals surface area contributed by atoms with E-state index in [0.29, 0.717) is 19.6 Å². The second-order valence-corrected chi connectivity index (χ2v) is 6.13. The van der Waals surface area contributed by atoms with Gasteiger partial charge in [0.25, 0.3) is 0 Å². The van der Waals surface area contributed by atoms with E-state index in [0.717, 1.165) is 0 Å². The first-order valence-corrected chi connectivity index (χ1v) is 6.53. The zero-order chi connectivity index (χ0) is 11.9. The molecule has 0 spiro atoms. The van der Waals surface area contributed by atoms with E-state index in [1.165, 1.54) is 0 Å². The van der Waals surface area contributed by atoms with Crippen LogP contribution in [0.5, 0.6) is 0 Å². The molecule has 0 aliphatic heterocycles. The minimum absolute atomic E-state index is 0.112. The summed E-state index contributed by atoms with van der Waals surface area (Å²) < 4.78 is 22.7. The van der Waals surface area contributed by atoms with Gasteiger partial charge in [0.05, 0.1) is 11.0 Å². The third-order valence-electron chi connectivity index (χ3n) is 1.88. The third kappa shape index (κ3) is 7.15. The summed E-state index contributed by atoms with van der Waals surface area (Å²) in [6.07, 6.45) is 0. The van der Waals surface area contributed by atoms with Gasteiger partial charge in [-0.2, -0.15) is 0 Å². The van der Waals surface area contributed by atoms with E-state index < -0.39 is 15.9 Å². The molecule has 0 bridgehead atoms. The monoisotopic (exact) mass is 237 g/mol. The van der Waals surface area contributed by atoms with Gasteiger partial charge < -0.3 is 16.4 Å². The topological polar surface area (TPSA) is 101 Å². The van der Waals surface area contributed by atoms with Gasteiger partial charge in [0.1, 0.15) is 0 Å². The molecule has 0 aliphatic rings. The summed E-state index contributed by atoms with van der Waals surface area (Å²) in [5.41, 5.74) is 4.84. The molecule has 0 heterocycles. The number of nitrogens with one attached hydrogen (secondary N) is 2. The Bertz CT molecular complexity index is 288. The first kappa shape index (κ1) is 14.2. The number of hydrogen-bond acceptors (Lipinski definition) is 4. The lowest BCUT2D eigenvalue weighted by Crippen LogP contribution is -2.37. The summed E-state index contributed by atoms with van der Waals surface area (Å²) in [5.74, 6) is 0.112. The van der Waals surface area contributed by atoms with Gasteiger partial charge in [-0.05, 0) is 13.8 Å². The largest absolute Gasteiger partial charge is 0.352 e. The maximum Gasteiger partial charge on any atom is 0.312 e. The van der Waals surface area contributed by atoms with Crippen molar-refractivity contribution in [3.63, 3.8) is 0 Å². The number of amides is 2. The van der Waals surface area contributed by atoms with Gasteiger partial charge in [-0.15, -0.1) is 0 Å². The zero-order valence-corrected chi connectivity index (χ0v) is 9.93. The Morgan fingerprint density at radius 2 is 1.87 bits per heavy atom. The predicted molar refractivity (Wildman–Crippen MR) is 59.4 cm³/mol. The van der Waals surface area contributed by atoms with E-state index in [9.17, 15) is 13.2 Å². The Hall–Kier alpha value is -0.820. The number of nitrogens with two attached hydrogens (primary N) is 1. The van der Waals surface area contributed by atoms with E-state index in [4.69, 9.17) is 5.73 Å². The van der Waals surface area contributed by atoms with Gasteiger partial charge in [-0.1, -0.05) is 0 Å².